The van der Waals surface area contributed by atoms with E-state index in [1.165, 1.54) is 44.1 Å². The number of ketones is 1. The first-order valence-corrected chi connectivity index (χ1v) is 12.3. The molecule has 0 saturated carbocycles. The van der Waals surface area contributed by atoms with Crippen LogP contribution in [0.2, 0.25) is 0 Å². The molecule has 5 N–H and O–H groups in total. The number of aliphatic hydroxyl groups is 4. The lowest BCUT2D eigenvalue weighted by atomic mass is 9.99. The minimum atomic E-state index is -1.63. The zero-order valence-electron chi connectivity index (χ0n) is 22.6. The van der Waals surface area contributed by atoms with Crippen molar-refractivity contribution in [2.45, 2.75) is 70.5 Å². The number of aliphatic hydroxyl groups excluding tert-OH is 4. The molecule has 0 aromatic heterocycles. The molecule has 3 amide bonds. The van der Waals surface area contributed by atoms with E-state index in [9.17, 15) is 39.6 Å². The van der Waals surface area contributed by atoms with Gasteiger partial charge in [0.2, 0.25) is 18.1 Å². The maximum Gasteiger partial charge on any atom is 0.410 e. The summed E-state index contributed by atoms with van der Waals surface area (Å²) in [5, 5.41) is 42.2. The molecular weight excluding hydrogens is 518 g/mol. The van der Waals surface area contributed by atoms with Gasteiger partial charge in [-0.25, -0.2) is 4.79 Å². The van der Waals surface area contributed by atoms with Gasteiger partial charge in [0, 0.05) is 32.1 Å². The Hall–Kier alpha value is -3.30. The number of carbonyl (C=O) groups excluding carboxylic acids is 4. The van der Waals surface area contributed by atoms with Crippen LogP contribution in [0.4, 0.5) is 10.5 Å². The van der Waals surface area contributed by atoms with Crippen molar-refractivity contribution in [2.24, 2.45) is 0 Å². The summed E-state index contributed by atoms with van der Waals surface area (Å²) in [5.41, 5.74) is 0.610. The lowest BCUT2D eigenvalue weighted by Crippen LogP contribution is -2.60. The number of carbonyl (C=O) groups is 4. The highest BCUT2D eigenvalue weighted by Crippen LogP contribution is 2.28. The molecule has 14 heteroatoms. The molecule has 1 aromatic rings. The van der Waals surface area contributed by atoms with Crippen LogP contribution in [0, 0.1) is 0 Å². The SMILES string of the molecule is CCC(=O)Nc1cc(O[C@@H]2O[C@H](CO)[C@H](O)[C@H](O)[C@H]2O)ccc1COC(=O)N(C)CC(=O)N(C)[C@@H](C)C(C)=O. The summed E-state index contributed by atoms with van der Waals surface area (Å²) in [6.07, 6.45) is -8.08. The highest BCUT2D eigenvalue weighted by molar-refractivity contribution is 5.91. The zero-order chi connectivity index (χ0) is 29.4. The molecule has 1 aliphatic heterocycles. The summed E-state index contributed by atoms with van der Waals surface area (Å²) < 4.78 is 16.3. The van der Waals surface area contributed by atoms with Crippen LogP contribution in [0.25, 0.3) is 0 Å². The molecule has 0 spiro atoms. The summed E-state index contributed by atoms with van der Waals surface area (Å²) >= 11 is 0. The highest BCUT2D eigenvalue weighted by Gasteiger charge is 2.44. The average Bonchev–Trinajstić information content (AvgIpc) is 2.91. The molecular formula is C25H37N3O11. The van der Waals surface area contributed by atoms with Gasteiger partial charge in [0.15, 0.2) is 5.78 Å². The molecule has 14 nitrogen and oxygen atoms in total. The molecule has 1 aromatic carbocycles. The van der Waals surface area contributed by atoms with E-state index in [2.05, 4.69) is 5.32 Å². The van der Waals surface area contributed by atoms with Crippen molar-refractivity contribution in [2.75, 3.05) is 32.6 Å². The van der Waals surface area contributed by atoms with E-state index < -0.39 is 55.4 Å². The highest BCUT2D eigenvalue weighted by atomic mass is 16.7. The van der Waals surface area contributed by atoms with E-state index in [-0.39, 0.29) is 42.7 Å². The monoisotopic (exact) mass is 555 g/mol. The number of nitrogens with zero attached hydrogens (tertiary/aromatic N) is 2. The van der Waals surface area contributed by atoms with Crippen molar-refractivity contribution < 1.29 is 53.8 Å². The third-order valence-corrected chi connectivity index (χ3v) is 6.38. The smallest absolute Gasteiger partial charge is 0.410 e. The number of nitrogens with one attached hydrogen (secondary N) is 1. The summed E-state index contributed by atoms with van der Waals surface area (Å²) in [6, 6.07) is 3.68. The van der Waals surface area contributed by atoms with E-state index in [1.807, 2.05) is 0 Å². The Labute approximate surface area is 226 Å². The number of likely N-dealkylation sites (N-methyl/N-ethyl adjacent to an activating group) is 2. The number of hydrogen-bond acceptors (Lipinski definition) is 11. The van der Waals surface area contributed by atoms with E-state index in [0.29, 0.717) is 5.56 Å². The normalized spacial score (nSPS) is 23.4. The lowest BCUT2D eigenvalue weighted by Gasteiger charge is -2.39. The van der Waals surface area contributed by atoms with Gasteiger partial charge in [0.05, 0.1) is 18.3 Å². The first kappa shape index (κ1) is 31.9. The fourth-order valence-corrected chi connectivity index (χ4v) is 3.53. The van der Waals surface area contributed by atoms with Gasteiger partial charge in [-0.1, -0.05) is 6.92 Å². The Bertz CT molecular complexity index is 1030. The van der Waals surface area contributed by atoms with Crippen molar-refractivity contribution >= 4 is 29.4 Å². The number of benzene rings is 1. The minimum absolute atomic E-state index is 0.103. The predicted octanol–water partition coefficient (Wildman–Crippen LogP) is -0.782. The Balaban J connectivity index is 2.11. The summed E-state index contributed by atoms with van der Waals surface area (Å²) in [6.45, 7) is 3.35. The molecule has 6 atom stereocenters. The van der Waals surface area contributed by atoms with Crippen LogP contribution in [0.3, 0.4) is 0 Å². The molecule has 0 unspecified atom stereocenters. The van der Waals surface area contributed by atoms with Gasteiger partial charge in [0.25, 0.3) is 0 Å². The van der Waals surface area contributed by atoms with Crippen LogP contribution < -0.4 is 10.1 Å². The maximum atomic E-state index is 12.5. The predicted molar refractivity (Wildman–Crippen MR) is 135 cm³/mol. The molecule has 1 aliphatic rings. The first-order chi connectivity index (χ1) is 18.3. The zero-order valence-corrected chi connectivity index (χ0v) is 22.6. The third kappa shape index (κ3) is 8.34. The molecule has 218 valence electrons. The number of amides is 3. The maximum absolute atomic E-state index is 12.5. The largest absolute Gasteiger partial charge is 0.462 e. The van der Waals surface area contributed by atoms with Crippen LogP contribution in [0.5, 0.6) is 5.75 Å². The number of ether oxygens (including phenoxy) is 3. The standard InChI is InChI=1S/C25H37N3O11/c1-6-19(31)26-17-9-16(38-24-23(35)22(34)21(33)18(11-29)39-24)8-7-15(17)12-37-25(36)27(4)10-20(32)28(5)13(2)14(3)30/h7-9,13,18,21-24,29,33-35H,6,10-12H2,1-5H3,(H,26,31)/t13-,18+,21-,22-,23+,24+/m0/s1. The second kappa shape index (κ2) is 14.2. The van der Waals surface area contributed by atoms with Gasteiger partial charge in [-0.15, -0.1) is 0 Å². The summed E-state index contributed by atoms with van der Waals surface area (Å²) in [5.74, 6) is -0.900. The van der Waals surface area contributed by atoms with E-state index in [0.717, 1.165) is 4.90 Å². The summed E-state index contributed by atoms with van der Waals surface area (Å²) in [7, 11) is 2.83. The Morgan fingerprint density at radius 2 is 1.77 bits per heavy atom. The van der Waals surface area contributed by atoms with Crippen LogP contribution in [-0.4, -0.2) is 118 Å². The number of anilines is 1. The second-order valence-corrected chi connectivity index (χ2v) is 9.24. The van der Waals surface area contributed by atoms with Crippen LogP contribution in [0.1, 0.15) is 32.8 Å². The van der Waals surface area contributed by atoms with E-state index >= 15 is 0 Å². The first-order valence-electron chi connectivity index (χ1n) is 12.3. The third-order valence-electron chi connectivity index (χ3n) is 6.38. The Morgan fingerprint density at radius 1 is 1.10 bits per heavy atom. The molecule has 1 saturated heterocycles. The molecule has 0 radical (unpaired) electrons. The second-order valence-electron chi connectivity index (χ2n) is 9.24. The van der Waals surface area contributed by atoms with Gasteiger partial charge in [-0.2, -0.15) is 0 Å². The van der Waals surface area contributed by atoms with Gasteiger partial charge >= 0.3 is 6.09 Å². The average molecular weight is 556 g/mol. The molecule has 39 heavy (non-hydrogen) atoms. The molecule has 2 rings (SSSR count). The van der Waals surface area contributed by atoms with Gasteiger partial charge in [-0.05, 0) is 26.0 Å². The van der Waals surface area contributed by atoms with Crippen LogP contribution in [-0.2, 0) is 30.5 Å². The van der Waals surface area contributed by atoms with Gasteiger partial charge < -0.3 is 49.8 Å². The van der Waals surface area contributed by atoms with Crippen LogP contribution in [0.15, 0.2) is 18.2 Å². The van der Waals surface area contributed by atoms with Crippen molar-refractivity contribution in [1.29, 1.82) is 0 Å². The topological polar surface area (TPSA) is 195 Å². The molecule has 1 fully saturated rings. The van der Waals surface area contributed by atoms with E-state index in [4.69, 9.17) is 14.2 Å². The van der Waals surface area contributed by atoms with Crippen molar-refractivity contribution in [3.63, 3.8) is 0 Å². The molecule has 0 bridgehead atoms. The van der Waals surface area contributed by atoms with Crippen LogP contribution >= 0.6 is 0 Å². The molecule has 1 heterocycles. The fraction of sp³-hybridized carbons (Fsp3) is 0.600. The minimum Gasteiger partial charge on any atom is -0.462 e. The van der Waals surface area contributed by atoms with Gasteiger partial charge in [-0.3, -0.25) is 14.4 Å². The summed E-state index contributed by atoms with van der Waals surface area (Å²) in [4.78, 5) is 50.8. The number of rotatable bonds is 11. The Morgan fingerprint density at radius 3 is 2.36 bits per heavy atom. The van der Waals surface area contributed by atoms with E-state index in [1.54, 1.807) is 13.8 Å². The van der Waals surface area contributed by atoms with Gasteiger partial charge in [0.1, 0.15) is 43.3 Å². The van der Waals surface area contributed by atoms with Crippen molar-refractivity contribution in [1.82, 2.24) is 9.80 Å². The number of hydrogen-bond donors (Lipinski definition) is 5. The van der Waals surface area contributed by atoms with Crippen molar-refractivity contribution in [3.8, 4) is 5.75 Å². The fourth-order valence-electron chi connectivity index (χ4n) is 3.53. The lowest BCUT2D eigenvalue weighted by molar-refractivity contribution is -0.277. The number of Topliss-reactive ketones (excluding diaryl/α,β-unsaturated/α-hetero) is 1. The molecule has 0 aliphatic carbocycles. The quantitative estimate of drug-likeness (QED) is 0.230. The van der Waals surface area contributed by atoms with Crippen molar-refractivity contribution in [3.05, 3.63) is 23.8 Å². The Kier molecular flexibility index (Phi) is 11.6.